The van der Waals surface area contributed by atoms with E-state index in [1.54, 1.807) is 6.20 Å². The van der Waals surface area contributed by atoms with Gasteiger partial charge >= 0.3 is 0 Å². The van der Waals surface area contributed by atoms with Crippen LogP contribution in [0.5, 0.6) is 0 Å². The first-order valence-electron chi connectivity index (χ1n) is 4.21. The van der Waals surface area contributed by atoms with E-state index in [4.69, 9.17) is 17.3 Å². The molecule has 5 heteroatoms. The lowest BCUT2D eigenvalue weighted by Gasteiger charge is -2.03. The van der Waals surface area contributed by atoms with Gasteiger partial charge in [0.15, 0.2) is 0 Å². The van der Waals surface area contributed by atoms with Crippen LogP contribution in [-0.2, 0) is 0 Å². The SMILES string of the molecule is Nc1ncc(-c2cccc(Br)c2)c(Cl)n1. The smallest absolute Gasteiger partial charge is 0.221 e. The first kappa shape index (κ1) is 10.4. The second-order valence-corrected chi connectivity index (χ2v) is 4.22. The molecule has 0 aliphatic rings. The van der Waals surface area contributed by atoms with E-state index in [9.17, 15) is 0 Å². The number of nitrogens with two attached hydrogens (primary N) is 1. The largest absolute Gasteiger partial charge is 0.368 e. The molecule has 76 valence electrons. The van der Waals surface area contributed by atoms with Gasteiger partial charge in [0.05, 0.1) is 0 Å². The highest BCUT2D eigenvalue weighted by Gasteiger charge is 2.06. The molecule has 0 spiro atoms. The average molecular weight is 285 g/mol. The summed E-state index contributed by atoms with van der Waals surface area (Å²) in [5.74, 6) is 0.179. The summed E-state index contributed by atoms with van der Waals surface area (Å²) in [4.78, 5) is 7.81. The van der Waals surface area contributed by atoms with Crippen LogP contribution in [0.2, 0.25) is 5.15 Å². The molecule has 0 saturated carbocycles. The third kappa shape index (κ3) is 2.27. The molecule has 1 aromatic heterocycles. The third-order valence-electron chi connectivity index (χ3n) is 1.90. The molecule has 0 unspecified atom stereocenters. The lowest BCUT2D eigenvalue weighted by atomic mass is 10.1. The van der Waals surface area contributed by atoms with Gasteiger partial charge < -0.3 is 5.73 Å². The lowest BCUT2D eigenvalue weighted by molar-refractivity contribution is 1.19. The van der Waals surface area contributed by atoms with E-state index >= 15 is 0 Å². The molecule has 0 aliphatic carbocycles. The number of anilines is 1. The number of benzene rings is 1. The molecular weight excluding hydrogens is 277 g/mol. The summed E-state index contributed by atoms with van der Waals surface area (Å²) in [6.45, 7) is 0. The molecule has 0 aliphatic heterocycles. The number of aromatic nitrogens is 2. The zero-order chi connectivity index (χ0) is 10.8. The summed E-state index contributed by atoms with van der Waals surface area (Å²) >= 11 is 9.36. The van der Waals surface area contributed by atoms with Crippen LogP contribution in [0, 0.1) is 0 Å². The van der Waals surface area contributed by atoms with E-state index in [1.165, 1.54) is 0 Å². The van der Waals surface area contributed by atoms with Crippen LogP contribution in [0.1, 0.15) is 0 Å². The van der Waals surface area contributed by atoms with Gasteiger partial charge in [0.1, 0.15) is 5.15 Å². The highest BCUT2D eigenvalue weighted by atomic mass is 79.9. The number of rotatable bonds is 1. The van der Waals surface area contributed by atoms with Gasteiger partial charge in [-0.15, -0.1) is 0 Å². The van der Waals surface area contributed by atoms with Gasteiger partial charge in [-0.2, -0.15) is 0 Å². The van der Waals surface area contributed by atoms with Gasteiger partial charge in [-0.25, -0.2) is 9.97 Å². The first-order chi connectivity index (χ1) is 7.16. The standard InChI is InChI=1S/C10H7BrClN3/c11-7-3-1-2-6(4-7)8-5-14-10(13)15-9(8)12/h1-5H,(H2,13,14,15). The van der Waals surface area contributed by atoms with Crippen molar-refractivity contribution in [2.45, 2.75) is 0 Å². The number of halogens is 2. The molecule has 0 bridgehead atoms. The zero-order valence-corrected chi connectivity index (χ0v) is 9.96. The molecule has 1 heterocycles. The Labute approximate surface area is 100 Å². The van der Waals surface area contributed by atoms with E-state index in [2.05, 4.69) is 25.9 Å². The maximum atomic E-state index is 5.97. The van der Waals surface area contributed by atoms with Crippen molar-refractivity contribution in [3.05, 3.63) is 40.1 Å². The van der Waals surface area contributed by atoms with Crippen molar-refractivity contribution < 1.29 is 0 Å². The Bertz CT molecular complexity index is 502. The van der Waals surface area contributed by atoms with Crippen LogP contribution < -0.4 is 5.73 Å². The zero-order valence-electron chi connectivity index (χ0n) is 7.61. The topological polar surface area (TPSA) is 51.8 Å². The molecule has 0 amide bonds. The minimum Gasteiger partial charge on any atom is -0.368 e. The van der Waals surface area contributed by atoms with Crippen molar-refractivity contribution in [3.8, 4) is 11.1 Å². The molecule has 0 fully saturated rings. The third-order valence-corrected chi connectivity index (χ3v) is 2.68. The van der Waals surface area contributed by atoms with Crippen LogP contribution in [0.3, 0.4) is 0 Å². The fourth-order valence-electron chi connectivity index (χ4n) is 1.22. The maximum absolute atomic E-state index is 5.97. The Kier molecular flexibility index (Phi) is 2.88. The fraction of sp³-hybridized carbons (Fsp3) is 0. The van der Waals surface area contributed by atoms with E-state index < -0.39 is 0 Å². The van der Waals surface area contributed by atoms with Gasteiger partial charge in [-0.05, 0) is 17.7 Å². The van der Waals surface area contributed by atoms with E-state index in [-0.39, 0.29) is 5.95 Å². The number of nitrogens with zero attached hydrogens (tertiary/aromatic N) is 2. The summed E-state index contributed by atoms with van der Waals surface area (Å²) < 4.78 is 0.980. The summed E-state index contributed by atoms with van der Waals surface area (Å²) in [6, 6.07) is 7.74. The molecule has 0 saturated heterocycles. The van der Waals surface area contributed by atoms with Crippen molar-refractivity contribution >= 4 is 33.5 Å². The fourth-order valence-corrected chi connectivity index (χ4v) is 1.87. The van der Waals surface area contributed by atoms with Gasteiger partial charge in [-0.3, -0.25) is 0 Å². The highest BCUT2D eigenvalue weighted by molar-refractivity contribution is 9.10. The molecule has 1 aromatic carbocycles. The quantitative estimate of drug-likeness (QED) is 0.819. The van der Waals surface area contributed by atoms with E-state index in [0.29, 0.717) is 5.15 Å². The summed E-state index contributed by atoms with van der Waals surface area (Å²) in [5.41, 5.74) is 7.14. The Morgan fingerprint density at radius 3 is 2.80 bits per heavy atom. The van der Waals surface area contributed by atoms with Gasteiger partial charge in [0.2, 0.25) is 5.95 Å². The average Bonchev–Trinajstić information content (AvgIpc) is 2.17. The van der Waals surface area contributed by atoms with Crippen LogP contribution in [0.15, 0.2) is 34.9 Å². The van der Waals surface area contributed by atoms with E-state index in [1.807, 2.05) is 24.3 Å². The van der Waals surface area contributed by atoms with Crippen LogP contribution >= 0.6 is 27.5 Å². The lowest BCUT2D eigenvalue weighted by Crippen LogP contribution is -1.95. The van der Waals surface area contributed by atoms with Crippen LogP contribution in [-0.4, -0.2) is 9.97 Å². The molecule has 0 atom stereocenters. The summed E-state index contributed by atoms with van der Waals surface area (Å²) in [5, 5.41) is 0.362. The first-order valence-corrected chi connectivity index (χ1v) is 5.38. The molecule has 2 rings (SSSR count). The Balaban J connectivity index is 2.54. The highest BCUT2D eigenvalue weighted by Crippen LogP contribution is 2.27. The minimum atomic E-state index is 0.179. The normalized spacial score (nSPS) is 10.3. The maximum Gasteiger partial charge on any atom is 0.221 e. The van der Waals surface area contributed by atoms with Gasteiger partial charge in [0, 0.05) is 16.2 Å². The van der Waals surface area contributed by atoms with E-state index in [0.717, 1.165) is 15.6 Å². The summed E-state index contributed by atoms with van der Waals surface area (Å²) in [6.07, 6.45) is 1.62. The molecule has 2 aromatic rings. The minimum absolute atomic E-state index is 0.179. The van der Waals surface area contributed by atoms with Crippen LogP contribution in [0.25, 0.3) is 11.1 Å². The Hall–Kier alpha value is -1.13. The molecule has 15 heavy (non-hydrogen) atoms. The van der Waals surface area contributed by atoms with Crippen molar-refractivity contribution in [2.24, 2.45) is 0 Å². The predicted molar refractivity (Wildman–Crippen MR) is 64.6 cm³/mol. The second-order valence-electron chi connectivity index (χ2n) is 2.94. The van der Waals surface area contributed by atoms with Crippen molar-refractivity contribution in [1.82, 2.24) is 9.97 Å². The van der Waals surface area contributed by atoms with Crippen molar-refractivity contribution in [2.75, 3.05) is 5.73 Å². The Morgan fingerprint density at radius 2 is 2.13 bits per heavy atom. The number of nitrogen functional groups attached to an aromatic ring is 1. The van der Waals surface area contributed by atoms with Crippen molar-refractivity contribution in [3.63, 3.8) is 0 Å². The Morgan fingerprint density at radius 1 is 1.33 bits per heavy atom. The monoisotopic (exact) mass is 283 g/mol. The molecular formula is C10H7BrClN3. The second kappa shape index (κ2) is 4.16. The molecule has 0 radical (unpaired) electrons. The predicted octanol–water partition coefficient (Wildman–Crippen LogP) is 3.14. The van der Waals surface area contributed by atoms with Gasteiger partial charge in [-0.1, -0.05) is 39.7 Å². The number of hydrogen-bond acceptors (Lipinski definition) is 3. The van der Waals surface area contributed by atoms with Gasteiger partial charge in [0.25, 0.3) is 0 Å². The summed E-state index contributed by atoms with van der Waals surface area (Å²) in [7, 11) is 0. The molecule has 2 N–H and O–H groups in total. The number of hydrogen-bond donors (Lipinski definition) is 1. The van der Waals surface area contributed by atoms with Crippen molar-refractivity contribution in [1.29, 1.82) is 0 Å². The van der Waals surface area contributed by atoms with Crippen LogP contribution in [0.4, 0.5) is 5.95 Å². The molecule has 3 nitrogen and oxygen atoms in total.